The molecule has 144 valence electrons. The van der Waals surface area contributed by atoms with Gasteiger partial charge in [-0.25, -0.2) is 9.78 Å². The lowest BCUT2D eigenvalue weighted by molar-refractivity contribution is -0.113. The van der Waals surface area contributed by atoms with E-state index in [1.165, 1.54) is 24.4 Å². The fourth-order valence-electron chi connectivity index (χ4n) is 2.69. The molecule has 0 spiro atoms. The largest absolute Gasteiger partial charge is 0.465 e. The third kappa shape index (κ3) is 4.61. The summed E-state index contributed by atoms with van der Waals surface area (Å²) in [4.78, 5) is 28.1. The van der Waals surface area contributed by atoms with Crippen LogP contribution in [0.1, 0.15) is 21.5 Å². The summed E-state index contributed by atoms with van der Waals surface area (Å²) in [5.74, 6) is -0.335. The van der Waals surface area contributed by atoms with Crippen LogP contribution >= 0.6 is 11.8 Å². The lowest BCUT2D eigenvalue weighted by atomic mass is 10.1. The molecule has 3 rings (SSSR count). The standard InChI is InChI=1S/C21H21N3O3S/c1-14-4-5-15(2)18(12-14)24-11-10-22-21(24)28-13-19(25)23-17-8-6-16(7-9-17)20(26)27-3/h4-12H,13H2,1-3H3,(H,23,25). The second kappa shape index (κ2) is 8.75. The van der Waals surface area contributed by atoms with Crippen molar-refractivity contribution in [3.05, 3.63) is 71.5 Å². The minimum Gasteiger partial charge on any atom is -0.465 e. The maximum atomic E-state index is 12.3. The van der Waals surface area contributed by atoms with Gasteiger partial charge in [-0.1, -0.05) is 23.9 Å². The predicted octanol–water partition coefficient (Wildman–Crippen LogP) is 4.01. The second-order valence-corrected chi connectivity index (χ2v) is 7.22. The lowest BCUT2D eigenvalue weighted by Gasteiger charge is -2.11. The zero-order valence-corrected chi connectivity index (χ0v) is 16.7. The van der Waals surface area contributed by atoms with Crippen molar-refractivity contribution in [1.82, 2.24) is 9.55 Å². The fourth-order valence-corrected chi connectivity index (χ4v) is 3.46. The molecule has 0 aliphatic heterocycles. The van der Waals surface area contributed by atoms with E-state index in [1.807, 2.05) is 24.6 Å². The zero-order chi connectivity index (χ0) is 20.1. The minimum absolute atomic E-state index is 0.147. The van der Waals surface area contributed by atoms with Gasteiger partial charge in [-0.05, 0) is 55.3 Å². The number of ether oxygens (including phenoxy) is 1. The Morgan fingerprint density at radius 1 is 1.14 bits per heavy atom. The molecule has 0 fully saturated rings. The predicted molar refractivity (Wildman–Crippen MR) is 110 cm³/mol. The van der Waals surface area contributed by atoms with E-state index in [0.29, 0.717) is 11.3 Å². The maximum absolute atomic E-state index is 12.3. The van der Waals surface area contributed by atoms with Crippen LogP contribution in [0.5, 0.6) is 0 Å². The molecule has 0 atom stereocenters. The first-order valence-corrected chi connectivity index (χ1v) is 9.68. The average Bonchev–Trinajstić information content (AvgIpc) is 3.16. The van der Waals surface area contributed by atoms with Crippen LogP contribution in [0.4, 0.5) is 5.69 Å². The molecule has 7 heteroatoms. The Balaban J connectivity index is 1.64. The van der Waals surface area contributed by atoms with Crippen LogP contribution in [0.15, 0.2) is 60.0 Å². The summed E-state index contributed by atoms with van der Waals surface area (Å²) in [6.07, 6.45) is 3.63. The third-order valence-corrected chi connectivity index (χ3v) is 5.12. The fraction of sp³-hybridized carbons (Fsp3) is 0.190. The number of esters is 1. The van der Waals surface area contributed by atoms with Crippen molar-refractivity contribution >= 4 is 29.3 Å². The number of nitrogens with one attached hydrogen (secondary N) is 1. The first-order chi connectivity index (χ1) is 13.5. The number of hydrogen-bond acceptors (Lipinski definition) is 5. The number of thioether (sulfide) groups is 1. The smallest absolute Gasteiger partial charge is 0.337 e. The highest BCUT2D eigenvalue weighted by molar-refractivity contribution is 7.99. The molecular formula is C21H21N3O3S. The van der Waals surface area contributed by atoms with Crippen molar-refractivity contribution in [3.8, 4) is 5.69 Å². The van der Waals surface area contributed by atoms with Gasteiger partial charge in [0.2, 0.25) is 5.91 Å². The van der Waals surface area contributed by atoms with Crippen molar-refractivity contribution in [2.45, 2.75) is 19.0 Å². The van der Waals surface area contributed by atoms with Crippen LogP contribution in [0, 0.1) is 13.8 Å². The van der Waals surface area contributed by atoms with Crippen LogP contribution in [-0.4, -0.2) is 34.3 Å². The molecule has 1 aromatic heterocycles. The van der Waals surface area contributed by atoms with Crippen LogP contribution in [0.3, 0.4) is 0 Å². The molecule has 0 saturated heterocycles. The van der Waals surface area contributed by atoms with Gasteiger partial charge in [0.25, 0.3) is 0 Å². The van der Waals surface area contributed by atoms with Crippen molar-refractivity contribution in [3.63, 3.8) is 0 Å². The number of carbonyl (C=O) groups excluding carboxylic acids is 2. The highest BCUT2D eigenvalue weighted by Crippen LogP contribution is 2.24. The Kier molecular flexibility index (Phi) is 6.16. The molecule has 0 aliphatic carbocycles. The Bertz CT molecular complexity index is 996. The van der Waals surface area contributed by atoms with Gasteiger partial charge in [0.05, 0.1) is 24.1 Å². The molecular weight excluding hydrogens is 374 g/mol. The molecule has 28 heavy (non-hydrogen) atoms. The number of nitrogens with zero attached hydrogens (tertiary/aromatic N) is 2. The summed E-state index contributed by atoms with van der Waals surface area (Å²) < 4.78 is 6.65. The summed E-state index contributed by atoms with van der Waals surface area (Å²) in [6.45, 7) is 4.10. The Morgan fingerprint density at radius 2 is 1.89 bits per heavy atom. The number of aromatic nitrogens is 2. The molecule has 0 saturated carbocycles. The van der Waals surface area contributed by atoms with E-state index >= 15 is 0 Å². The normalized spacial score (nSPS) is 10.5. The van der Waals surface area contributed by atoms with Crippen molar-refractivity contribution in [2.75, 3.05) is 18.2 Å². The Labute approximate surface area is 167 Å². The molecule has 0 aliphatic rings. The number of methoxy groups -OCH3 is 1. The third-order valence-electron chi connectivity index (χ3n) is 4.15. The average molecular weight is 395 g/mol. The summed E-state index contributed by atoms with van der Waals surface area (Å²) in [5, 5.41) is 3.57. The molecule has 6 nitrogen and oxygen atoms in total. The summed E-state index contributed by atoms with van der Waals surface area (Å²) in [6, 6.07) is 12.8. The Morgan fingerprint density at radius 3 is 2.61 bits per heavy atom. The summed E-state index contributed by atoms with van der Waals surface area (Å²) in [7, 11) is 1.33. The van der Waals surface area contributed by atoms with E-state index < -0.39 is 5.97 Å². The van der Waals surface area contributed by atoms with Gasteiger partial charge in [0.15, 0.2) is 5.16 Å². The minimum atomic E-state index is -0.410. The van der Waals surface area contributed by atoms with Crippen molar-refractivity contribution in [1.29, 1.82) is 0 Å². The van der Waals surface area contributed by atoms with Crippen LogP contribution < -0.4 is 5.32 Å². The molecule has 1 amide bonds. The number of benzene rings is 2. The van der Waals surface area contributed by atoms with Crippen molar-refractivity contribution in [2.24, 2.45) is 0 Å². The van der Waals surface area contributed by atoms with Gasteiger partial charge >= 0.3 is 5.97 Å². The second-order valence-electron chi connectivity index (χ2n) is 6.28. The number of imidazole rings is 1. The van der Waals surface area contributed by atoms with Crippen LogP contribution in [-0.2, 0) is 9.53 Å². The molecule has 3 aromatic rings. The molecule has 0 radical (unpaired) electrons. The maximum Gasteiger partial charge on any atom is 0.337 e. The van der Waals surface area contributed by atoms with E-state index in [2.05, 4.69) is 33.2 Å². The SMILES string of the molecule is COC(=O)c1ccc(NC(=O)CSc2nccn2-c2cc(C)ccc2C)cc1. The number of anilines is 1. The van der Waals surface area contributed by atoms with Gasteiger partial charge < -0.3 is 10.1 Å². The number of carbonyl (C=O) groups is 2. The molecule has 1 heterocycles. The van der Waals surface area contributed by atoms with Crippen LogP contribution in [0.25, 0.3) is 5.69 Å². The number of amides is 1. The van der Waals surface area contributed by atoms with E-state index in [4.69, 9.17) is 0 Å². The highest BCUT2D eigenvalue weighted by atomic mass is 32.2. The first-order valence-electron chi connectivity index (χ1n) is 8.70. The lowest BCUT2D eigenvalue weighted by Crippen LogP contribution is -2.14. The van der Waals surface area contributed by atoms with Crippen LogP contribution in [0.2, 0.25) is 0 Å². The van der Waals surface area contributed by atoms with E-state index in [1.54, 1.807) is 30.5 Å². The summed E-state index contributed by atoms with van der Waals surface area (Å²) >= 11 is 1.37. The van der Waals surface area contributed by atoms with Gasteiger partial charge in [0, 0.05) is 18.1 Å². The molecule has 1 N–H and O–H groups in total. The van der Waals surface area contributed by atoms with E-state index in [0.717, 1.165) is 16.4 Å². The van der Waals surface area contributed by atoms with Crippen molar-refractivity contribution < 1.29 is 14.3 Å². The number of hydrogen-bond donors (Lipinski definition) is 1. The Hall–Kier alpha value is -3.06. The first kappa shape index (κ1) is 19.7. The van der Waals surface area contributed by atoms with E-state index in [-0.39, 0.29) is 11.7 Å². The van der Waals surface area contributed by atoms with Gasteiger partial charge in [-0.15, -0.1) is 0 Å². The van der Waals surface area contributed by atoms with Gasteiger partial charge in [-0.2, -0.15) is 0 Å². The quantitative estimate of drug-likeness (QED) is 0.504. The van der Waals surface area contributed by atoms with Gasteiger partial charge in [0.1, 0.15) is 0 Å². The molecule has 2 aromatic carbocycles. The van der Waals surface area contributed by atoms with E-state index in [9.17, 15) is 9.59 Å². The molecule has 0 unspecified atom stereocenters. The number of aryl methyl sites for hydroxylation is 2. The summed E-state index contributed by atoms with van der Waals surface area (Å²) in [5.41, 5.74) is 4.42. The highest BCUT2D eigenvalue weighted by Gasteiger charge is 2.12. The number of rotatable bonds is 6. The monoisotopic (exact) mass is 395 g/mol. The van der Waals surface area contributed by atoms with Gasteiger partial charge in [-0.3, -0.25) is 9.36 Å². The zero-order valence-electron chi connectivity index (χ0n) is 15.9. The topological polar surface area (TPSA) is 73.2 Å². The molecule has 0 bridgehead atoms.